The normalized spacial score (nSPS) is 13.2. The number of hydrogen-bond donors (Lipinski definition) is 2. The van der Waals surface area contributed by atoms with E-state index in [1.165, 1.54) is 6.08 Å². The van der Waals surface area contributed by atoms with Crippen molar-refractivity contribution in [2.24, 2.45) is 4.99 Å². The van der Waals surface area contributed by atoms with Crippen LogP contribution in [0.25, 0.3) is 0 Å². The first-order valence-electron chi connectivity index (χ1n) is 8.43. The van der Waals surface area contributed by atoms with Crippen LogP contribution in [0.3, 0.4) is 0 Å². The SMILES string of the molecule is CNC(=O)COc1cccc(CCNC(=O)/C=C/C2=CC=CN=CC2)c1. The van der Waals surface area contributed by atoms with Gasteiger partial charge in [-0.25, -0.2) is 0 Å². The molecule has 2 rings (SSSR count). The lowest BCUT2D eigenvalue weighted by atomic mass is 10.1. The van der Waals surface area contributed by atoms with Gasteiger partial charge in [-0.15, -0.1) is 0 Å². The number of amides is 2. The van der Waals surface area contributed by atoms with Crippen molar-refractivity contribution in [1.82, 2.24) is 10.6 Å². The van der Waals surface area contributed by atoms with Crippen LogP contribution < -0.4 is 15.4 Å². The summed E-state index contributed by atoms with van der Waals surface area (Å²) >= 11 is 0. The smallest absolute Gasteiger partial charge is 0.257 e. The minimum atomic E-state index is -0.181. The van der Waals surface area contributed by atoms with Gasteiger partial charge in [-0.3, -0.25) is 14.6 Å². The van der Waals surface area contributed by atoms with Crippen LogP contribution in [0.1, 0.15) is 12.0 Å². The maximum atomic E-state index is 11.9. The van der Waals surface area contributed by atoms with Gasteiger partial charge >= 0.3 is 0 Å². The Balaban J connectivity index is 1.75. The summed E-state index contributed by atoms with van der Waals surface area (Å²) in [6.45, 7) is 0.500. The predicted molar refractivity (Wildman–Crippen MR) is 102 cm³/mol. The molecule has 1 aliphatic rings. The second-order valence-electron chi connectivity index (χ2n) is 5.60. The molecule has 26 heavy (non-hydrogen) atoms. The number of benzene rings is 1. The van der Waals surface area contributed by atoms with Gasteiger partial charge in [-0.2, -0.15) is 0 Å². The van der Waals surface area contributed by atoms with Gasteiger partial charge in [0.1, 0.15) is 5.75 Å². The number of ether oxygens (including phenoxy) is 1. The highest BCUT2D eigenvalue weighted by molar-refractivity contribution is 5.88. The number of rotatable bonds is 8. The molecule has 0 saturated carbocycles. The molecule has 2 N–H and O–H groups in total. The fraction of sp³-hybridized carbons (Fsp3) is 0.250. The molecule has 1 heterocycles. The number of allylic oxidation sites excluding steroid dienone is 4. The monoisotopic (exact) mass is 353 g/mol. The summed E-state index contributed by atoms with van der Waals surface area (Å²) in [5, 5.41) is 5.36. The summed E-state index contributed by atoms with van der Waals surface area (Å²) in [5.74, 6) is 0.315. The van der Waals surface area contributed by atoms with Crippen molar-refractivity contribution in [3.63, 3.8) is 0 Å². The van der Waals surface area contributed by atoms with Gasteiger partial charge in [-0.05, 0) is 35.8 Å². The van der Waals surface area contributed by atoms with E-state index in [1.807, 2.05) is 30.4 Å². The molecule has 0 aliphatic carbocycles. The van der Waals surface area contributed by atoms with Crippen LogP contribution in [-0.2, 0) is 16.0 Å². The van der Waals surface area contributed by atoms with Crippen LogP contribution in [0.2, 0.25) is 0 Å². The fourth-order valence-corrected chi connectivity index (χ4v) is 2.21. The molecule has 0 bridgehead atoms. The van der Waals surface area contributed by atoms with E-state index in [1.54, 1.807) is 31.6 Å². The van der Waals surface area contributed by atoms with Crippen molar-refractivity contribution in [3.05, 3.63) is 65.9 Å². The molecule has 0 aromatic heterocycles. The molecule has 1 aliphatic heterocycles. The minimum absolute atomic E-state index is 0.0166. The third-order valence-corrected chi connectivity index (χ3v) is 3.62. The summed E-state index contributed by atoms with van der Waals surface area (Å²) in [6.07, 6.45) is 12.0. The lowest BCUT2D eigenvalue weighted by molar-refractivity contribution is -0.122. The summed E-state index contributed by atoms with van der Waals surface area (Å²) in [7, 11) is 1.57. The van der Waals surface area contributed by atoms with Gasteiger partial charge < -0.3 is 15.4 Å². The maximum Gasteiger partial charge on any atom is 0.257 e. The first-order valence-corrected chi connectivity index (χ1v) is 8.43. The molecule has 0 radical (unpaired) electrons. The van der Waals surface area contributed by atoms with Gasteiger partial charge in [0.2, 0.25) is 5.91 Å². The number of carbonyl (C=O) groups is 2. The van der Waals surface area contributed by atoms with Crippen molar-refractivity contribution >= 4 is 18.0 Å². The van der Waals surface area contributed by atoms with E-state index in [4.69, 9.17) is 4.74 Å². The first kappa shape index (κ1) is 19.2. The summed E-state index contributed by atoms with van der Waals surface area (Å²) in [4.78, 5) is 27.1. The molecule has 0 fully saturated rings. The highest BCUT2D eigenvalue weighted by Crippen LogP contribution is 2.13. The molecular weight excluding hydrogens is 330 g/mol. The van der Waals surface area contributed by atoms with Gasteiger partial charge in [0.05, 0.1) is 0 Å². The lowest BCUT2D eigenvalue weighted by Gasteiger charge is -2.08. The molecule has 0 spiro atoms. The average Bonchev–Trinajstić information content (AvgIpc) is 2.93. The zero-order valence-electron chi connectivity index (χ0n) is 14.8. The Hall–Kier alpha value is -3.15. The third kappa shape index (κ3) is 7.17. The van der Waals surface area contributed by atoms with E-state index >= 15 is 0 Å². The van der Waals surface area contributed by atoms with Gasteiger partial charge in [0.15, 0.2) is 6.61 Å². The number of nitrogens with zero attached hydrogens (tertiary/aromatic N) is 1. The third-order valence-electron chi connectivity index (χ3n) is 3.62. The van der Waals surface area contributed by atoms with E-state index in [0.29, 0.717) is 25.1 Å². The number of likely N-dealkylation sites (N-methyl/N-ethyl adjacent to an activating group) is 1. The Kier molecular flexibility index (Phi) is 7.86. The quantitative estimate of drug-likeness (QED) is 0.701. The zero-order chi connectivity index (χ0) is 18.6. The second-order valence-corrected chi connectivity index (χ2v) is 5.60. The topological polar surface area (TPSA) is 79.8 Å². The second kappa shape index (κ2) is 10.7. The fourth-order valence-electron chi connectivity index (χ4n) is 2.21. The first-order chi connectivity index (χ1) is 12.7. The van der Waals surface area contributed by atoms with Gasteiger partial charge in [0.25, 0.3) is 5.91 Å². The molecule has 6 nitrogen and oxygen atoms in total. The highest BCUT2D eigenvalue weighted by atomic mass is 16.5. The van der Waals surface area contributed by atoms with Crippen molar-refractivity contribution in [2.45, 2.75) is 12.8 Å². The number of hydrogen-bond acceptors (Lipinski definition) is 4. The number of aliphatic imine (C=N–C) groups is 1. The Morgan fingerprint density at radius 1 is 1.35 bits per heavy atom. The molecule has 136 valence electrons. The number of carbonyl (C=O) groups excluding carboxylic acids is 2. The molecule has 0 atom stereocenters. The van der Waals surface area contributed by atoms with Crippen molar-refractivity contribution < 1.29 is 14.3 Å². The van der Waals surface area contributed by atoms with Crippen LogP contribution in [0, 0.1) is 0 Å². The van der Waals surface area contributed by atoms with E-state index < -0.39 is 0 Å². The summed E-state index contributed by atoms with van der Waals surface area (Å²) in [5.41, 5.74) is 2.05. The maximum absolute atomic E-state index is 11.9. The Morgan fingerprint density at radius 2 is 2.23 bits per heavy atom. The minimum Gasteiger partial charge on any atom is -0.484 e. The Labute approximate surface area is 153 Å². The number of nitrogens with one attached hydrogen (secondary N) is 2. The molecular formula is C20H23N3O3. The van der Waals surface area contributed by atoms with Gasteiger partial charge in [-0.1, -0.05) is 24.3 Å². The largest absolute Gasteiger partial charge is 0.484 e. The summed E-state index contributed by atoms with van der Waals surface area (Å²) in [6, 6.07) is 7.49. The van der Waals surface area contributed by atoms with Crippen molar-refractivity contribution in [2.75, 3.05) is 20.2 Å². The zero-order valence-corrected chi connectivity index (χ0v) is 14.8. The predicted octanol–water partition coefficient (Wildman–Crippen LogP) is 1.94. The Morgan fingerprint density at radius 3 is 3.08 bits per heavy atom. The van der Waals surface area contributed by atoms with Crippen LogP contribution in [0.4, 0.5) is 0 Å². The van der Waals surface area contributed by atoms with E-state index in [0.717, 1.165) is 11.1 Å². The highest BCUT2D eigenvalue weighted by Gasteiger charge is 2.02. The van der Waals surface area contributed by atoms with E-state index in [-0.39, 0.29) is 18.4 Å². The Bertz CT molecular complexity index is 748. The standard InChI is InChI=1S/C20H23N3O3/c1-21-20(25)15-26-18-6-2-4-17(14-18)10-13-23-19(24)8-7-16-5-3-11-22-12-9-16/h2-8,11-12,14H,9-10,13,15H2,1H3,(H,21,25)(H,23,24)/b8-7+. The lowest BCUT2D eigenvalue weighted by Crippen LogP contribution is -2.25. The molecule has 1 aromatic rings. The van der Waals surface area contributed by atoms with Crippen LogP contribution in [-0.4, -0.2) is 38.2 Å². The average molecular weight is 353 g/mol. The van der Waals surface area contributed by atoms with Crippen LogP contribution in [0.15, 0.2) is 65.3 Å². The molecule has 0 unspecified atom stereocenters. The van der Waals surface area contributed by atoms with Crippen molar-refractivity contribution in [3.8, 4) is 5.75 Å². The molecule has 1 aromatic carbocycles. The van der Waals surface area contributed by atoms with Crippen molar-refractivity contribution in [1.29, 1.82) is 0 Å². The molecule has 2 amide bonds. The summed E-state index contributed by atoms with van der Waals surface area (Å²) < 4.78 is 5.41. The van der Waals surface area contributed by atoms with E-state index in [2.05, 4.69) is 15.6 Å². The molecule has 6 heteroatoms. The molecule has 0 saturated heterocycles. The van der Waals surface area contributed by atoms with Crippen LogP contribution in [0.5, 0.6) is 5.75 Å². The van der Waals surface area contributed by atoms with Gasteiger partial charge in [0, 0.05) is 38.5 Å². The van der Waals surface area contributed by atoms with E-state index in [9.17, 15) is 9.59 Å². The van der Waals surface area contributed by atoms with Crippen LogP contribution >= 0.6 is 0 Å².